The maximum absolute atomic E-state index is 11.0. The zero-order valence-electron chi connectivity index (χ0n) is 16.2. The number of hydrogen-bond donors (Lipinski definition) is 0. The first-order valence-corrected chi connectivity index (χ1v) is 11.0. The summed E-state index contributed by atoms with van der Waals surface area (Å²) in [7, 11) is 0. The van der Waals surface area contributed by atoms with E-state index in [2.05, 4.69) is 14.9 Å². The van der Waals surface area contributed by atoms with Gasteiger partial charge in [0.25, 0.3) is 5.69 Å². The Hall–Kier alpha value is -2.80. The summed E-state index contributed by atoms with van der Waals surface area (Å²) in [6.45, 7) is 0. The third-order valence-corrected chi connectivity index (χ3v) is 6.27. The molecule has 2 aromatic heterocycles. The topological polar surface area (TPSA) is 73.3 Å². The van der Waals surface area contributed by atoms with Gasteiger partial charge in [-0.1, -0.05) is 32.1 Å². The van der Waals surface area contributed by atoms with Crippen molar-refractivity contribution in [3.8, 4) is 11.3 Å². The van der Waals surface area contributed by atoms with Crippen LogP contribution in [0.3, 0.4) is 0 Å². The summed E-state index contributed by atoms with van der Waals surface area (Å²) in [5.74, 6) is 0. The van der Waals surface area contributed by atoms with Crippen molar-refractivity contribution in [2.24, 2.45) is 4.99 Å². The third-order valence-electron chi connectivity index (χ3n) is 5.43. The van der Waals surface area contributed by atoms with Crippen molar-refractivity contribution in [1.29, 1.82) is 0 Å². The van der Waals surface area contributed by atoms with Gasteiger partial charge in [-0.25, -0.2) is 4.99 Å². The van der Waals surface area contributed by atoms with Crippen LogP contribution in [0.4, 0.5) is 11.4 Å². The number of pyridine rings is 1. The Balaban J connectivity index is 1.80. The number of non-ortho nitro benzene ring substituents is 1. The predicted molar refractivity (Wildman–Crippen MR) is 115 cm³/mol. The number of nitro benzene ring substituents is 1. The monoisotopic (exact) mass is 408 g/mol. The fraction of sp³-hybridized carbons (Fsp3) is 0.364. The Bertz CT molecular complexity index is 1020. The van der Waals surface area contributed by atoms with E-state index in [1.807, 2.05) is 24.3 Å². The highest BCUT2D eigenvalue weighted by Crippen LogP contribution is 2.32. The molecule has 0 bridgehead atoms. The predicted octanol–water partition coefficient (Wildman–Crippen LogP) is 6.04. The molecule has 2 heterocycles. The highest BCUT2D eigenvalue weighted by atomic mass is 32.1. The molecule has 3 aromatic rings. The molecule has 0 saturated heterocycles. The molecular formula is C22H24N4O2S. The Kier molecular flexibility index (Phi) is 6.14. The number of aromatic nitrogens is 2. The Morgan fingerprint density at radius 1 is 1.07 bits per heavy atom. The van der Waals surface area contributed by atoms with E-state index in [0.29, 0.717) is 6.04 Å². The van der Waals surface area contributed by atoms with Gasteiger partial charge >= 0.3 is 0 Å². The molecular weight excluding hydrogens is 384 g/mol. The Labute approximate surface area is 173 Å². The summed E-state index contributed by atoms with van der Waals surface area (Å²) in [6.07, 6.45) is 12.1. The highest BCUT2D eigenvalue weighted by molar-refractivity contribution is 7.07. The summed E-state index contributed by atoms with van der Waals surface area (Å²) >= 11 is 1.62. The number of thiazole rings is 1. The van der Waals surface area contributed by atoms with Gasteiger partial charge in [0.05, 0.1) is 22.5 Å². The quantitative estimate of drug-likeness (QED) is 0.390. The van der Waals surface area contributed by atoms with Crippen LogP contribution in [0.1, 0.15) is 51.0 Å². The first-order chi connectivity index (χ1) is 14.2. The van der Waals surface area contributed by atoms with Crippen LogP contribution in [0.15, 0.2) is 59.2 Å². The molecule has 0 aliphatic heterocycles. The number of rotatable bonds is 4. The minimum absolute atomic E-state index is 0.113. The third kappa shape index (κ3) is 4.62. The van der Waals surface area contributed by atoms with Gasteiger partial charge in [0.2, 0.25) is 0 Å². The number of nitro groups is 1. The second-order valence-electron chi connectivity index (χ2n) is 7.40. The van der Waals surface area contributed by atoms with E-state index in [1.165, 1.54) is 32.1 Å². The van der Waals surface area contributed by atoms with Crippen LogP contribution in [-0.2, 0) is 0 Å². The molecule has 0 radical (unpaired) electrons. The van der Waals surface area contributed by atoms with E-state index in [4.69, 9.17) is 4.99 Å². The molecule has 29 heavy (non-hydrogen) atoms. The molecule has 0 unspecified atom stereocenters. The lowest BCUT2D eigenvalue weighted by atomic mass is 9.96. The molecule has 4 rings (SSSR count). The standard InChI is InChI=1S/C22H24N4O2S/c27-26(28)20-12-10-17(11-13-20)21-16-29-22(24-18-7-6-14-23-15-18)25(21)19-8-4-2-1-3-5-9-19/h6-7,10-16,19H,1-5,8-9H2. The van der Waals surface area contributed by atoms with E-state index in [9.17, 15) is 10.1 Å². The van der Waals surface area contributed by atoms with Crippen LogP contribution in [0.5, 0.6) is 0 Å². The van der Waals surface area contributed by atoms with Crippen LogP contribution in [0, 0.1) is 10.1 Å². The van der Waals surface area contributed by atoms with Gasteiger partial charge in [-0.3, -0.25) is 15.1 Å². The lowest BCUT2D eigenvalue weighted by Gasteiger charge is -2.23. The summed E-state index contributed by atoms with van der Waals surface area (Å²) in [5.41, 5.74) is 3.02. The van der Waals surface area contributed by atoms with Crippen LogP contribution >= 0.6 is 11.3 Å². The van der Waals surface area contributed by atoms with Crippen molar-refractivity contribution < 1.29 is 4.92 Å². The maximum Gasteiger partial charge on any atom is 0.269 e. The average Bonchev–Trinajstić information content (AvgIpc) is 3.12. The van der Waals surface area contributed by atoms with Crippen molar-refractivity contribution in [3.05, 3.63) is 69.1 Å². The fourth-order valence-corrected chi connectivity index (χ4v) is 4.93. The molecule has 7 heteroatoms. The SMILES string of the molecule is O=[N+]([O-])c1ccc(-c2csc(=Nc3cccnc3)n2C2CCCCCCC2)cc1. The number of hydrogen-bond acceptors (Lipinski definition) is 5. The van der Waals surface area contributed by atoms with Crippen molar-refractivity contribution in [3.63, 3.8) is 0 Å². The van der Waals surface area contributed by atoms with E-state index < -0.39 is 0 Å². The largest absolute Gasteiger partial charge is 0.313 e. The first kappa shape index (κ1) is 19.5. The molecule has 1 fully saturated rings. The number of nitrogens with zero attached hydrogens (tertiary/aromatic N) is 4. The summed E-state index contributed by atoms with van der Waals surface area (Å²) in [4.78, 5) is 20.7. The summed E-state index contributed by atoms with van der Waals surface area (Å²) in [6, 6.07) is 11.1. The second-order valence-corrected chi connectivity index (χ2v) is 8.24. The van der Waals surface area contributed by atoms with Gasteiger partial charge < -0.3 is 4.57 Å². The summed E-state index contributed by atoms with van der Waals surface area (Å²) in [5, 5.41) is 13.1. The molecule has 1 aliphatic carbocycles. The molecule has 0 N–H and O–H groups in total. The molecule has 0 spiro atoms. The van der Waals surface area contributed by atoms with E-state index in [1.54, 1.807) is 35.9 Å². The molecule has 1 aromatic carbocycles. The normalized spacial score (nSPS) is 16.3. The van der Waals surface area contributed by atoms with Gasteiger partial charge in [-0.15, -0.1) is 11.3 Å². The van der Waals surface area contributed by atoms with Crippen LogP contribution in [0.25, 0.3) is 11.3 Å². The molecule has 1 aliphatic rings. The van der Waals surface area contributed by atoms with Gasteiger partial charge in [0, 0.05) is 29.8 Å². The average molecular weight is 409 g/mol. The van der Waals surface area contributed by atoms with Gasteiger partial charge in [0.1, 0.15) is 0 Å². The van der Waals surface area contributed by atoms with E-state index in [-0.39, 0.29) is 10.6 Å². The van der Waals surface area contributed by atoms with Crippen molar-refractivity contribution >= 4 is 22.7 Å². The molecule has 1 saturated carbocycles. The van der Waals surface area contributed by atoms with Crippen LogP contribution < -0.4 is 4.80 Å². The lowest BCUT2D eigenvalue weighted by molar-refractivity contribution is -0.384. The Morgan fingerprint density at radius 3 is 2.45 bits per heavy atom. The van der Waals surface area contributed by atoms with E-state index >= 15 is 0 Å². The minimum atomic E-state index is -0.358. The smallest absolute Gasteiger partial charge is 0.269 e. The van der Waals surface area contributed by atoms with Crippen LogP contribution in [-0.4, -0.2) is 14.5 Å². The van der Waals surface area contributed by atoms with Crippen molar-refractivity contribution in [1.82, 2.24) is 9.55 Å². The minimum Gasteiger partial charge on any atom is -0.313 e. The maximum atomic E-state index is 11.0. The summed E-state index contributed by atoms with van der Waals surface area (Å²) < 4.78 is 2.35. The van der Waals surface area contributed by atoms with Gasteiger partial charge in [-0.05, 0) is 42.7 Å². The fourth-order valence-electron chi connectivity index (χ4n) is 3.94. The second kappa shape index (κ2) is 9.13. The van der Waals surface area contributed by atoms with Crippen LogP contribution in [0.2, 0.25) is 0 Å². The van der Waals surface area contributed by atoms with Gasteiger partial charge in [-0.2, -0.15) is 0 Å². The van der Waals surface area contributed by atoms with Crippen molar-refractivity contribution in [2.75, 3.05) is 0 Å². The zero-order chi connectivity index (χ0) is 20.1. The zero-order valence-corrected chi connectivity index (χ0v) is 17.1. The molecule has 150 valence electrons. The van der Waals surface area contributed by atoms with Gasteiger partial charge in [0.15, 0.2) is 4.80 Å². The lowest BCUT2D eigenvalue weighted by Crippen LogP contribution is -2.22. The Morgan fingerprint density at radius 2 is 1.79 bits per heavy atom. The molecule has 0 amide bonds. The first-order valence-electron chi connectivity index (χ1n) is 10.1. The molecule has 0 atom stereocenters. The van der Waals surface area contributed by atoms with E-state index in [0.717, 1.165) is 34.6 Å². The van der Waals surface area contributed by atoms with Crippen molar-refractivity contribution in [2.45, 2.75) is 51.0 Å². The number of benzene rings is 1. The molecule has 6 nitrogen and oxygen atoms in total. The highest BCUT2D eigenvalue weighted by Gasteiger charge is 2.19.